The molecule has 0 atom stereocenters. The highest BCUT2D eigenvalue weighted by atomic mass is 32.2. The number of nitrogens with zero attached hydrogens (tertiary/aromatic N) is 3. The molecule has 0 unspecified atom stereocenters. The Labute approximate surface area is 128 Å². The van der Waals surface area contributed by atoms with Crippen LogP contribution in [-0.2, 0) is 18.7 Å². The number of rotatable bonds is 4. The average molecular weight is 301 g/mol. The van der Waals surface area contributed by atoms with E-state index in [1.54, 1.807) is 11.8 Å². The van der Waals surface area contributed by atoms with E-state index in [0.717, 1.165) is 40.8 Å². The first kappa shape index (κ1) is 14.1. The summed E-state index contributed by atoms with van der Waals surface area (Å²) in [4.78, 5) is 0. The van der Waals surface area contributed by atoms with Crippen molar-refractivity contribution in [2.24, 2.45) is 5.73 Å². The lowest BCUT2D eigenvalue weighted by Crippen LogP contribution is -2.10. The van der Waals surface area contributed by atoms with Crippen molar-refractivity contribution in [1.29, 1.82) is 5.41 Å². The number of benzene rings is 1. The molecule has 3 rings (SSSR count). The molecule has 5 nitrogen and oxygen atoms in total. The summed E-state index contributed by atoms with van der Waals surface area (Å²) >= 11 is 1.70. The number of aryl methyl sites for hydroxylation is 1. The van der Waals surface area contributed by atoms with Gasteiger partial charge in [-0.15, -0.1) is 10.2 Å². The lowest BCUT2D eigenvalue weighted by Gasteiger charge is -2.07. The largest absolute Gasteiger partial charge is 0.384 e. The lowest BCUT2D eigenvalue weighted by molar-refractivity contribution is 0.591. The number of aromatic nitrogens is 3. The number of amidine groups is 1. The van der Waals surface area contributed by atoms with Crippen molar-refractivity contribution in [2.75, 3.05) is 0 Å². The van der Waals surface area contributed by atoms with E-state index in [1.807, 2.05) is 18.2 Å². The van der Waals surface area contributed by atoms with Gasteiger partial charge in [-0.3, -0.25) is 5.41 Å². The van der Waals surface area contributed by atoms with E-state index in [-0.39, 0.29) is 5.84 Å². The van der Waals surface area contributed by atoms with Crippen LogP contribution in [0.2, 0.25) is 0 Å². The van der Waals surface area contributed by atoms with Crippen molar-refractivity contribution in [2.45, 2.75) is 43.1 Å². The monoisotopic (exact) mass is 301 g/mol. The molecule has 21 heavy (non-hydrogen) atoms. The molecule has 1 aromatic heterocycles. The molecular weight excluding hydrogens is 282 g/mol. The molecule has 6 heteroatoms. The number of hydrogen-bond acceptors (Lipinski definition) is 4. The summed E-state index contributed by atoms with van der Waals surface area (Å²) in [5.41, 5.74) is 7.45. The topological polar surface area (TPSA) is 80.6 Å². The molecule has 1 aliphatic rings. The fourth-order valence-corrected chi connectivity index (χ4v) is 3.47. The van der Waals surface area contributed by atoms with Gasteiger partial charge in [-0.2, -0.15) is 0 Å². The Kier molecular flexibility index (Phi) is 4.24. The van der Waals surface area contributed by atoms with Crippen LogP contribution in [0.4, 0.5) is 0 Å². The third-order valence-corrected chi connectivity index (χ3v) is 4.72. The second kappa shape index (κ2) is 6.30. The van der Waals surface area contributed by atoms with Gasteiger partial charge in [-0.1, -0.05) is 36.4 Å². The smallest absolute Gasteiger partial charge is 0.191 e. The van der Waals surface area contributed by atoms with Crippen LogP contribution in [0.15, 0.2) is 29.4 Å². The Morgan fingerprint density at radius 3 is 3.05 bits per heavy atom. The van der Waals surface area contributed by atoms with E-state index in [4.69, 9.17) is 11.1 Å². The SMILES string of the molecule is N=C(N)c1cccc(CSc2nnc3n2CCCCC3)c1. The van der Waals surface area contributed by atoms with Gasteiger partial charge in [0.2, 0.25) is 0 Å². The zero-order valence-corrected chi connectivity index (χ0v) is 12.7. The number of hydrogen-bond donors (Lipinski definition) is 2. The normalized spacial score (nSPS) is 14.5. The molecule has 2 aromatic rings. The number of nitrogens with two attached hydrogens (primary N) is 1. The fourth-order valence-electron chi connectivity index (χ4n) is 2.54. The van der Waals surface area contributed by atoms with Crippen molar-refractivity contribution in [3.8, 4) is 0 Å². The van der Waals surface area contributed by atoms with Crippen LogP contribution >= 0.6 is 11.8 Å². The summed E-state index contributed by atoms with van der Waals surface area (Å²) in [5, 5.41) is 17.1. The van der Waals surface area contributed by atoms with Gasteiger partial charge in [0.15, 0.2) is 5.16 Å². The summed E-state index contributed by atoms with van der Waals surface area (Å²) in [6.07, 6.45) is 4.73. The second-order valence-corrected chi connectivity index (χ2v) is 6.21. The maximum Gasteiger partial charge on any atom is 0.191 e. The van der Waals surface area contributed by atoms with Gasteiger partial charge in [0.1, 0.15) is 11.7 Å². The molecule has 1 aromatic carbocycles. The van der Waals surface area contributed by atoms with Crippen LogP contribution in [0.3, 0.4) is 0 Å². The molecule has 0 saturated heterocycles. The van der Waals surface area contributed by atoms with E-state index in [1.165, 1.54) is 19.3 Å². The minimum Gasteiger partial charge on any atom is -0.384 e. The summed E-state index contributed by atoms with van der Waals surface area (Å²) in [7, 11) is 0. The first-order valence-corrected chi connectivity index (χ1v) is 8.21. The van der Waals surface area contributed by atoms with E-state index in [0.29, 0.717) is 0 Å². The van der Waals surface area contributed by atoms with Crippen LogP contribution in [-0.4, -0.2) is 20.6 Å². The third kappa shape index (κ3) is 3.26. The molecule has 0 fully saturated rings. The number of thioether (sulfide) groups is 1. The predicted octanol–water partition coefficient (Wildman–Crippen LogP) is 2.58. The molecule has 0 radical (unpaired) electrons. The molecule has 0 saturated carbocycles. The Morgan fingerprint density at radius 2 is 2.19 bits per heavy atom. The molecule has 0 aliphatic carbocycles. The van der Waals surface area contributed by atoms with Gasteiger partial charge in [-0.25, -0.2) is 0 Å². The van der Waals surface area contributed by atoms with Crippen molar-refractivity contribution >= 4 is 17.6 Å². The standard InChI is InChI=1S/C15H19N5S/c16-14(17)12-6-4-5-11(9-12)10-21-15-19-18-13-7-2-1-3-8-20(13)15/h4-6,9H,1-3,7-8,10H2,(H3,16,17). The first-order chi connectivity index (χ1) is 10.2. The van der Waals surface area contributed by atoms with Crippen LogP contribution < -0.4 is 5.73 Å². The predicted molar refractivity (Wildman–Crippen MR) is 84.6 cm³/mol. The van der Waals surface area contributed by atoms with Gasteiger partial charge in [0, 0.05) is 24.3 Å². The quantitative estimate of drug-likeness (QED) is 0.517. The Morgan fingerprint density at radius 1 is 1.29 bits per heavy atom. The zero-order chi connectivity index (χ0) is 14.7. The van der Waals surface area contributed by atoms with E-state index in [9.17, 15) is 0 Å². The number of fused-ring (bicyclic) bond motifs is 1. The molecular formula is C15H19N5S. The minimum absolute atomic E-state index is 0.109. The summed E-state index contributed by atoms with van der Waals surface area (Å²) in [6.45, 7) is 1.03. The Balaban J connectivity index is 1.72. The van der Waals surface area contributed by atoms with Gasteiger partial charge >= 0.3 is 0 Å². The summed E-state index contributed by atoms with van der Waals surface area (Å²) in [6, 6.07) is 7.82. The highest BCUT2D eigenvalue weighted by Crippen LogP contribution is 2.25. The van der Waals surface area contributed by atoms with Gasteiger partial charge in [0.05, 0.1) is 0 Å². The van der Waals surface area contributed by atoms with Crippen LogP contribution in [0, 0.1) is 5.41 Å². The Hall–Kier alpha value is -1.82. The highest BCUT2D eigenvalue weighted by Gasteiger charge is 2.14. The zero-order valence-electron chi connectivity index (χ0n) is 11.9. The second-order valence-electron chi connectivity index (χ2n) is 5.26. The van der Waals surface area contributed by atoms with Gasteiger partial charge in [-0.05, 0) is 24.5 Å². The Bertz CT molecular complexity index is 649. The molecule has 110 valence electrons. The summed E-state index contributed by atoms with van der Waals surface area (Å²) in [5.74, 6) is 2.05. The van der Waals surface area contributed by atoms with E-state index in [2.05, 4.69) is 20.8 Å². The first-order valence-electron chi connectivity index (χ1n) is 7.22. The van der Waals surface area contributed by atoms with Crippen molar-refractivity contribution in [3.05, 3.63) is 41.2 Å². The van der Waals surface area contributed by atoms with Gasteiger partial charge < -0.3 is 10.3 Å². The van der Waals surface area contributed by atoms with E-state index >= 15 is 0 Å². The molecule has 1 aliphatic heterocycles. The van der Waals surface area contributed by atoms with E-state index < -0.39 is 0 Å². The van der Waals surface area contributed by atoms with Crippen LogP contribution in [0.5, 0.6) is 0 Å². The minimum atomic E-state index is 0.109. The van der Waals surface area contributed by atoms with Crippen molar-refractivity contribution in [1.82, 2.24) is 14.8 Å². The van der Waals surface area contributed by atoms with Crippen molar-refractivity contribution < 1.29 is 0 Å². The van der Waals surface area contributed by atoms with Crippen molar-refractivity contribution in [3.63, 3.8) is 0 Å². The molecule has 0 spiro atoms. The fraction of sp³-hybridized carbons (Fsp3) is 0.400. The molecule has 0 amide bonds. The molecule has 3 N–H and O–H groups in total. The maximum absolute atomic E-state index is 7.50. The molecule has 0 bridgehead atoms. The van der Waals surface area contributed by atoms with Gasteiger partial charge in [0.25, 0.3) is 0 Å². The maximum atomic E-state index is 7.50. The number of nitrogen functional groups attached to an aromatic ring is 1. The average Bonchev–Trinajstić information content (AvgIpc) is 2.72. The highest BCUT2D eigenvalue weighted by molar-refractivity contribution is 7.98. The molecule has 2 heterocycles. The third-order valence-electron chi connectivity index (χ3n) is 3.68. The van der Waals surface area contributed by atoms with Crippen LogP contribution in [0.1, 0.15) is 36.2 Å². The number of nitrogens with one attached hydrogen (secondary N) is 1. The summed E-state index contributed by atoms with van der Waals surface area (Å²) < 4.78 is 2.26. The lowest BCUT2D eigenvalue weighted by atomic mass is 10.1. The van der Waals surface area contributed by atoms with Crippen LogP contribution in [0.25, 0.3) is 0 Å².